The summed E-state index contributed by atoms with van der Waals surface area (Å²) in [6.07, 6.45) is 1.60. The first-order chi connectivity index (χ1) is 9.65. The third kappa shape index (κ3) is 6.19. The van der Waals surface area contributed by atoms with Gasteiger partial charge in [-0.15, -0.1) is 0 Å². The second-order valence-corrected chi connectivity index (χ2v) is 4.19. The van der Waals surface area contributed by atoms with Crippen LogP contribution in [0.2, 0.25) is 0 Å². The van der Waals surface area contributed by atoms with Crippen LogP contribution in [0.1, 0.15) is 19.3 Å². The lowest BCUT2D eigenvalue weighted by Gasteiger charge is -2.07. The van der Waals surface area contributed by atoms with Gasteiger partial charge in [-0.2, -0.15) is 0 Å². The summed E-state index contributed by atoms with van der Waals surface area (Å²) < 4.78 is 9.40. The van der Waals surface area contributed by atoms with Gasteiger partial charge in [-0.05, 0) is 37.1 Å². The first kappa shape index (κ1) is 16.0. The monoisotopic (exact) mass is 280 g/mol. The average Bonchev–Trinajstić information content (AvgIpc) is 2.45. The zero-order valence-electron chi connectivity index (χ0n) is 11.8. The van der Waals surface area contributed by atoms with Crippen LogP contribution >= 0.6 is 0 Å². The van der Waals surface area contributed by atoms with Crippen LogP contribution in [0.15, 0.2) is 24.3 Å². The molecule has 6 heteroatoms. The van der Waals surface area contributed by atoms with Gasteiger partial charge in [0.1, 0.15) is 0 Å². The number of carbonyl (C=O) groups is 2. The van der Waals surface area contributed by atoms with Crippen LogP contribution in [0.4, 0.5) is 16.2 Å². The fourth-order valence-electron chi connectivity index (χ4n) is 1.56. The fraction of sp³-hybridized carbons (Fsp3) is 0.429. The van der Waals surface area contributed by atoms with Crippen molar-refractivity contribution in [3.05, 3.63) is 24.3 Å². The van der Waals surface area contributed by atoms with E-state index in [1.807, 2.05) is 0 Å². The molecule has 0 aliphatic carbocycles. The Balaban J connectivity index is 2.37. The van der Waals surface area contributed by atoms with Crippen molar-refractivity contribution in [2.45, 2.75) is 19.3 Å². The number of rotatable bonds is 7. The number of benzene rings is 1. The zero-order valence-corrected chi connectivity index (χ0v) is 11.8. The molecule has 2 N–H and O–H groups in total. The molecule has 110 valence electrons. The van der Waals surface area contributed by atoms with Gasteiger partial charge in [-0.1, -0.05) is 0 Å². The van der Waals surface area contributed by atoms with Crippen LogP contribution in [-0.4, -0.2) is 32.8 Å². The number of methoxy groups -OCH3 is 2. The van der Waals surface area contributed by atoms with Crippen LogP contribution < -0.4 is 10.6 Å². The molecule has 0 aliphatic heterocycles. The van der Waals surface area contributed by atoms with Crippen molar-refractivity contribution in [3.8, 4) is 0 Å². The summed E-state index contributed by atoms with van der Waals surface area (Å²) in [7, 11) is 2.94. The molecule has 0 unspecified atom stereocenters. The van der Waals surface area contributed by atoms with E-state index >= 15 is 0 Å². The third-order valence-corrected chi connectivity index (χ3v) is 2.60. The van der Waals surface area contributed by atoms with Crippen LogP contribution in [0, 0.1) is 0 Å². The predicted octanol–water partition coefficient (Wildman–Crippen LogP) is 2.62. The lowest BCUT2D eigenvalue weighted by molar-refractivity contribution is -0.116. The van der Waals surface area contributed by atoms with Gasteiger partial charge in [0.15, 0.2) is 0 Å². The molecule has 2 amide bonds. The maximum absolute atomic E-state index is 11.6. The molecule has 1 aromatic carbocycles. The van der Waals surface area contributed by atoms with Crippen molar-refractivity contribution in [2.75, 3.05) is 31.5 Å². The van der Waals surface area contributed by atoms with E-state index in [0.29, 0.717) is 24.4 Å². The van der Waals surface area contributed by atoms with Gasteiger partial charge < -0.3 is 14.8 Å². The number of hydrogen-bond donors (Lipinski definition) is 2. The number of anilines is 2. The molecule has 0 heterocycles. The van der Waals surface area contributed by atoms with Crippen molar-refractivity contribution < 1.29 is 19.1 Å². The van der Waals surface area contributed by atoms with E-state index < -0.39 is 6.09 Å². The largest absolute Gasteiger partial charge is 0.453 e. The molecular weight excluding hydrogens is 260 g/mol. The molecule has 0 aromatic heterocycles. The van der Waals surface area contributed by atoms with Gasteiger partial charge in [0.25, 0.3) is 0 Å². The highest BCUT2D eigenvalue weighted by molar-refractivity contribution is 5.91. The third-order valence-electron chi connectivity index (χ3n) is 2.60. The minimum absolute atomic E-state index is 0.0326. The summed E-state index contributed by atoms with van der Waals surface area (Å²) in [6, 6.07) is 6.82. The molecule has 20 heavy (non-hydrogen) atoms. The predicted molar refractivity (Wildman–Crippen MR) is 76.8 cm³/mol. The Morgan fingerprint density at radius 2 is 1.60 bits per heavy atom. The van der Waals surface area contributed by atoms with E-state index in [4.69, 9.17) is 4.74 Å². The second-order valence-electron chi connectivity index (χ2n) is 4.19. The van der Waals surface area contributed by atoms with Gasteiger partial charge in [-0.3, -0.25) is 10.1 Å². The van der Waals surface area contributed by atoms with E-state index in [1.165, 1.54) is 7.11 Å². The summed E-state index contributed by atoms with van der Waals surface area (Å²) in [4.78, 5) is 22.6. The molecule has 0 spiro atoms. The Morgan fingerprint density at radius 3 is 2.15 bits per heavy atom. The normalized spacial score (nSPS) is 9.90. The lowest BCUT2D eigenvalue weighted by atomic mass is 10.2. The van der Waals surface area contributed by atoms with Crippen LogP contribution in [0.3, 0.4) is 0 Å². The SMILES string of the molecule is COCCCCC(=O)Nc1ccc(NC(=O)OC)cc1. The van der Waals surface area contributed by atoms with Crippen LogP contribution in [-0.2, 0) is 14.3 Å². The molecule has 6 nitrogen and oxygen atoms in total. The second kappa shape index (κ2) is 8.92. The highest BCUT2D eigenvalue weighted by atomic mass is 16.5. The minimum atomic E-state index is -0.528. The number of nitrogens with one attached hydrogen (secondary N) is 2. The fourth-order valence-corrected chi connectivity index (χ4v) is 1.56. The minimum Gasteiger partial charge on any atom is -0.453 e. The maximum atomic E-state index is 11.6. The van der Waals surface area contributed by atoms with Gasteiger partial charge in [0.2, 0.25) is 5.91 Å². The summed E-state index contributed by atoms with van der Waals surface area (Å²) >= 11 is 0. The van der Waals surface area contributed by atoms with Gasteiger partial charge in [0, 0.05) is 31.5 Å². The Bertz CT molecular complexity index is 431. The molecule has 0 saturated carbocycles. The molecule has 1 aromatic rings. The first-order valence-corrected chi connectivity index (χ1v) is 6.39. The summed E-state index contributed by atoms with van der Waals surface area (Å²) in [5.41, 5.74) is 1.30. The number of carbonyl (C=O) groups excluding carboxylic acids is 2. The molecule has 0 fully saturated rings. The van der Waals surface area contributed by atoms with Crippen LogP contribution in [0.5, 0.6) is 0 Å². The quantitative estimate of drug-likeness (QED) is 0.753. The Labute approximate surface area is 118 Å². The van der Waals surface area contributed by atoms with E-state index in [1.54, 1.807) is 31.4 Å². The summed E-state index contributed by atoms with van der Waals surface area (Å²) in [5, 5.41) is 5.32. The highest BCUT2D eigenvalue weighted by Crippen LogP contribution is 2.14. The van der Waals surface area contributed by atoms with E-state index in [-0.39, 0.29) is 5.91 Å². The number of ether oxygens (including phenoxy) is 2. The standard InChI is InChI=1S/C14H20N2O4/c1-19-10-4-3-5-13(17)15-11-6-8-12(9-7-11)16-14(18)20-2/h6-9H,3-5,10H2,1-2H3,(H,15,17)(H,16,18). The summed E-state index contributed by atoms with van der Waals surface area (Å²) in [6.45, 7) is 0.668. The topological polar surface area (TPSA) is 76.7 Å². The van der Waals surface area contributed by atoms with E-state index in [2.05, 4.69) is 15.4 Å². The van der Waals surface area contributed by atoms with E-state index in [0.717, 1.165) is 12.8 Å². The lowest BCUT2D eigenvalue weighted by Crippen LogP contribution is -2.12. The molecule has 0 atom stereocenters. The van der Waals surface area contributed by atoms with Gasteiger partial charge in [-0.25, -0.2) is 4.79 Å². The molecule has 1 rings (SSSR count). The highest BCUT2D eigenvalue weighted by Gasteiger charge is 2.03. The van der Waals surface area contributed by atoms with Crippen molar-refractivity contribution >= 4 is 23.4 Å². The Morgan fingerprint density at radius 1 is 1.00 bits per heavy atom. The molecule has 0 radical (unpaired) electrons. The summed E-state index contributed by atoms with van der Waals surface area (Å²) in [5.74, 6) is -0.0326. The Hall–Kier alpha value is -2.08. The molecule has 0 bridgehead atoms. The maximum Gasteiger partial charge on any atom is 0.411 e. The average molecular weight is 280 g/mol. The number of amides is 2. The van der Waals surface area contributed by atoms with Gasteiger partial charge in [0.05, 0.1) is 7.11 Å². The zero-order chi connectivity index (χ0) is 14.8. The van der Waals surface area contributed by atoms with Crippen molar-refractivity contribution in [1.82, 2.24) is 0 Å². The number of unbranched alkanes of at least 4 members (excludes halogenated alkanes) is 1. The van der Waals surface area contributed by atoms with E-state index in [9.17, 15) is 9.59 Å². The Kier molecular flexibility index (Phi) is 7.13. The van der Waals surface area contributed by atoms with Crippen molar-refractivity contribution in [1.29, 1.82) is 0 Å². The van der Waals surface area contributed by atoms with Gasteiger partial charge >= 0.3 is 6.09 Å². The smallest absolute Gasteiger partial charge is 0.411 e. The molecule has 0 aliphatic rings. The number of hydrogen-bond acceptors (Lipinski definition) is 4. The first-order valence-electron chi connectivity index (χ1n) is 6.39. The van der Waals surface area contributed by atoms with Crippen LogP contribution in [0.25, 0.3) is 0 Å². The van der Waals surface area contributed by atoms with Crippen molar-refractivity contribution in [3.63, 3.8) is 0 Å². The molecule has 0 saturated heterocycles. The van der Waals surface area contributed by atoms with Crippen molar-refractivity contribution in [2.24, 2.45) is 0 Å². The molecular formula is C14H20N2O4.